The zero-order valence-electron chi connectivity index (χ0n) is 11.3. The first-order valence-corrected chi connectivity index (χ1v) is 7.26. The van der Waals surface area contributed by atoms with E-state index < -0.39 is 0 Å². The Morgan fingerprint density at radius 1 is 1.10 bits per heavy atom. The van der Waals surface area contributed by atoms with Gasteiger partial charge in [-0.2, -0.15) is 0 Å². The standard InChI is InChI=1S/C17H12O3S/c1-11(18)20-9-8-12-6-7-14-16(10-12)21-15-5-3-2-4-13(15)17(14)19/h2-10H,1H3. The van der Waals surface area contributed by atoms with Crippen LogP contribution in [-0.4, -0.2) is 5.97 Å². The van der Waals surface area contributed by atoms with Crippen LogP contribution in [0.1, 0.15) is 12.5 Å². The van der Waals surface area contributed by atoms with Gasteiger partial charge in [0.15, 0.2) is 5.43 Å². The lowest BCUT2D eigenvalue weighted by Gasteiger charge is -2.02. The van der Waals surface area contributed by atoms with Crippen molar-refractivity contribution < 1.29 is 9.53 Å². The highest BCUT2D eigenvalue weighted by atomic mass is 32.1. The quantitative estimate of drug-likeness (QED) is 0.408. The smallest absolute Gasteiger partial charge is 0.307 e. The van der Waals surface area contributed by atoms with Gasteiger partial charge < -0.3 is 4.74 Å². The first kappa shape index (κ1) is 13.5. The average Bonchev–Trinajstić information content (AvgIpc) is 2.47. The number of ether oxygens (including phenoxy) is 1. The maximum atomic E-state index is 12.4. The Morgan fingerprint density at radius 2 is 1.86 bits per heavy atom. The second kappa shape index (κ2) is 5.50. The van der Waals surface area contributed by atoms with Gasteiger partial charge >= 0.3 is 5.97 Å². The van der Waals surface area contributed by atoms with Crippen molar-refractivity contribution in [1.29, 1.82) is 0 Å². The zero-order valence-corrected chi connectivity index (χ0v) is 12.1. The van der Waals surface area contributed by atoms with Gasteiger partial charge in [-0.3, -0.25) is 9.59 Å². The van der Waals surface area contributed by atoms with Gasteiger partial charge in [0.1, 0.15) is 0 Å². The first-order chi connectivity index (χ1) is 10.1. The van der Waals surface area contributed by atoms with Gasteiger partial charge in [0.25, 0.3) is 0 Å². The molecule has 0 saturated carbocycles. The molecule has 0 fully saturated rings. The number of benzene rings is 2. The number of carbonyl (C=O) groups is 1. The van der Waals surface area contributed by atoms with Crippen LogP contribution in [-0.2, 0) is 9.53 Å². The summed E-state index contributed by atoms with van der Waals surface area (Å²) in [6, 6.07) is 13.2. The van der Waals surface area contributed by atoms with Gasteiger partial charge in [-0.1, -0.05) is 18.2 Å². The van der Waals surface area contributed by atoms with Gasteiger partial charge in [-0.05, 0) is 35.9 Å². The highest BCUT2D eigenvalue weighted by molar-refractivity contribution is 7.24. The molecule has 1 aromatic heterocycles. The Hall–Kier alpha value is -2.46. The van der Waals surface area contributed by atoms with E-state index in [-0.39, 0.29) is 11.4 Å². The summed E-state index contributed by atoms with van der Waals surface area (Å²) in [5.74, 6) is -0.359. The van der Waals surface area contributed by atoms with Crippen LogP contribution in [0.25, 0.3) is 26.2 Å². The summed E-state index contributed by atoms with van der Waals surface area (Å²) in [5.41, 5.74) is 0.935. The molecule has 1 heterocycles. The van der Waals surface area contributed by atoms with Crippen LogP contribution in [0.3, 0.4) is 0 Å². The maximum Gasteiger partial charge on any atom is 0.307 e. The van der Waals surface area contributed by atoms with E-state index in [9.17, 15) is 9.59 Å². The summed E-state index contributed by atoms with van der Waals surface area (Å²) in [5, 5.41) is 1.46. The molecule has 0 saturated heterocycles. The largest absolute Gasteiger partial charge is 0.435 e. The number of rotatable bonds is 2. The zero-order chi connectivity index (χ0) is 14.8. The molecule has 0 atom stereocenters. The lowest BCUT2D eigenvalue weighted by atomic mass is 10.1. The highest BCUT2D eigenvalue weighted by Gasteiger charge is 2.05. The van der Waals surface area contributed by atoms with E-state index in [1.807, 2.05) is 42.5 Å². The van der Waals surface area contributed by atoms with Crippen LogP contribution in [0.2, 0.25) is 0 Å². The van der Waals surface area contributed by atoms with Crippen molar-refractivity contribution >= 4 is 43.6 Å². The predicted octanol–water partition coefficient (Wildman–Crippen LogP) is 3.95. The highest BCUT2D eigenvalue weighted by Crippen LogP contribution is 2.25. The van der Waals surface area contributed by atoms with Gasteiger partial charge in [0, 0.05) is 27.1 Å². The van der Waals surface area contributed by atoms with Gasteiger partial charge in [0.2, 0.25) is 0 Å². The minimum atomic E-state index is -0.359. The topological polar surface area (TPSA) is 43.4 Å². The molecule has 0 aliphatic heterocycles. The van der Waals surface area contributed by atoms with E-state index in [4.69, 9.17) is 4.74 Å². The van der Waals surface area contributed by atoms with Crippen LogP contribution in [0.4, 0.5) is 0 Å². The number of hydrogen-bond acceptors (Lipinski definition) is 4. The van der Waals surface area contributed by atoms with Crippen molar-refractivity contribution in [3.05, 3.63) is 64.5 Å². The molecule has 0 aliphatic carbocycles. The SMILES string of the molecule is CC(=O)OC=Cc1ccc2c(=O)c3ccccc3sc2c1. The van der Waals surface area contributed by atoms with E-state index in [1.165, 1.54) is 13.2 Å². The molecular weight excluding hydrogens is 284 g/mol. The number of esters is 1. The third-order valence-electron chi connectivity index (χ3n) is 3.10. The normalized spacial score (nSPS) is 11.3. The fraction of sp³-hybridized carbons (Fsp3) is 0.0588. The molecule has 3 nitrogen and oxygen atoms in total. The lowest BCUT2D eigenvalue weighted by molar-refractivity contribution is -0.135. The first-order valence-electron chi connectivity index (χ1n) is 6.44. The maximum absolute atomic E-state index is 12.4. The van der Waals surface area contributed by atoms with Crippen LogP contribution < -0.4 is 5.43 Å². The van der Waals surface area contributed by atoms with Gasteiger partial charge in [0.05, 0.1) is 6.26 Å². The Bertz CT molecular complexity index is 922. The molecule has 0 N–H and O–H groups in total. The third-order valence-corrected chi connectivity index (χ3v) is 4.23. The molecule has 104 valence electrons. The van der Waals surface area contributed by atoms with Crippen LogP contribution in [0.15, 0.2) is 53.5 Å². The number of hydrogen-bond donors (Lipinski definition) is 0. The summed E-state index contributed by atoms with van der Waals surface area (Å²) < 4.78 is 6.66. The second-order valence-corrected chi connectivity index (χ2v) is 5.68. The van der Waals surface area contributed by atoms with E-state index in [1.54, 1.807) is 17.4 Å². The fourth-order valence-corrected chi connectivity index (χ4v) is 3.25. The molecule has 21 heavy (non-hydrogen) atoms. The van der Waals surface area contributed by atoms with E-state index in [0.29, 0.717) is 5.39 Å². The molecule has 0 spiro atoms. The Labute approximate surface area is 125 Å². The summed E-state index contributed by atoms with van der Waals surface area (Å²) in [6.45, 7) is 1.35. The molecule has 4 heteroatoms. The van der Waals surface area contributed by atoms with Gasteiger partial charge in [-0.25, -0.2) is 0 Å². The molecule has 0 unspecified atom stereocenters. The third kappa shape index (κ3) is 2.71. The predicted molar refractivity (Wildman–Crippen MR) is 86.4 cm³/mol. The van der Waals surface area contributed by atoms with Crippen LogP contribution in [0, 0.1) is 0 Å². The minimum Gasteiger partial charge on any atom is -0.435 e. The summed E-state index contributed by atoms with van der Waals surface area (Å²) in [7, 11) is 0. The molecule has 2 aromatic carbocycles. The van der Waals surface area contributed by atoms with E-state index >= 15 is 0 Å². The number of fused-ring (bicyclic) bond motifs is 2. The van der Waals surface area contributed by atoms with Crippen LogP contribution in [0.5, 0.6) is 0 Å². The Balaban J connectivity index is 2.13. The van der Waals surface area contributed by atoms with Crippen molar-refractivity contribution in [2.24, 2.45) is 0 Å². The van der Waals surface area contributed by atoms with Crippen molar-refractivity contribution in [3.63, 3.8) is 0 Å². The van der Waals surface area contributed by atoms with E-state index in [2.05, 4.69) is 0 Å². The lowest BCUT2D eigenvalue weighted by Crippen LogP contribution is -2.00. The fourth-order valence-electron chi connectivity index (χ4n) is 2.13. The Morgan fingerprint density at radius 3 is 2.67 bits per heavy atom. The van der Waals surface area contributed by atoms with E-state index in [0.717, 1.165) is 20.3 Å². The van der Waals surface area contributed by atoms with Gasteiger partial charge in [-0.15, -0.1) is 11.3 Å². The molecular formula is C17H12O3S. The average molecular weight is 296 g/mol. The number of carbonyl (C=O) groups excluding carboxylic acids is 1. The Kier molecular flexibility index (Phi) is 3.54. The molecule has 3 aromatic rings. The molecule has 0 radical (unpaired) electrons. The summed E-state index contributed by atoms with van der Waals surface area (Å²) in [4.78, 5) is 23.1. The minimum absolute atomic E-state index is 0.0508. The van der Waals surface area contributed by atoms with Crippen LogP contribution >= 0.6 is 11.3 Å². The summed E-state index contributed by atoms with van der Waals surface area (Å²) >= 11 is 1.58. The molecule has 3 rings (SSSR count). The molecule has 0 bridgehead atoms. The molecule has 0 aliphatic rings. The monoisotopic (exact) mass is 296 g/mol. The summed E-state index contributed by atoms with van der Waals surface area (Å²) in [6.07, 6.45) is 3.06. The second-order valence-electron chi connectivity index (χ2n) is 4.60. The molecule has 0 amide bonds. The van der Waals surface area contributed by atoms with Crippen molar-refractivity contribution in [1.82, 2.24) is 0 Å². The van der Waals surface area contributed by atoms with Crippen molar-refractivity contribution in [2.45, 2.75) is 6.92 Å². The van der Waals surface area contributed by atoms with Crippen molar-refractivity contribution in [3.8, 4) is 0 Å². The van der Waals surface area contributed by atoms with Crippen molar-refractivity contribution in [2.75, 3.05) is 0 Å².